The summed E-state index contributed by atoms with van der Waals surface area (Å²) in [4.78, 5) is 41.2. The number of hydrogen-bond acceptors (Lipinski definition) is 5. The summed E-state index contributed by atoms with van der Waals surface area (Å²) in [7, 11) is 3.44. The number of fused-ring (bicyclic) bond motifs is 1. The van der Waals surface area contributed by atoms with Gasteiger partial charge in [-0.25, -0.2) is 9.59 Å². The Morgan fingerprint density at radius 2 is 1.80 bits per heavy atom. The van der Waals surface area contributed by atoms with Gasteiger partial charge in [-0.05, 0) is 6.92 Å². The Balaban J connectivity index is 1.86. The van der Waals surface area contributed by atoms with Gasteiger partial charge in [0.05, 0.1) is 18.1 Å². The first-order valence-electron chi connectivity index (χ1n) is 8.26. The van der Waals surface area contributed by atoms with Crippen LogP contribution in [0.3, 0.4) is 0 Å². The van der Waals surface area contributed by atoms with Gasteiger partial charge in [0.25, 0.3) is 0 Å². The molecule has 0 aromatic carbocycles. The van der Waals surface area contributed by atoms with E-state index in [-0.39, 0.29) is 34.8 Å². The number of aliphatic hydroxyl groups is 1. The molecule has 138 valence electrons. The molecular formula is C16H23N3O5S. The second kappa shape index (κ2) is 6.21. The van der Waals surface area contributed by atoms with Crippen molar-refractivity contribution < 1.29 is 24.6 Å². The fourth-order valence-electron chi connectivity index (χ4n) is 4.05. The molecule has 0 unspecified atom stereocenters. The number of urea groups is 1. The molecule has 4 atom stereocenters. The Bertz CT molecular complexity index is 650. The molecule has 2 fully saturated rings. The SMILES string of the molecule is C[C@@H](O)[C@H]1C(=O)N2C(C(=O)O)=C(SC3CN(C)C(=O)N(C)C3)[C@H](C)[C@H]12. The number of aliphatic carboxylic acids is 1. The Morgan fingerprint density at radius 1 is 1.24 bits per heavy atom. The van der Waals surface area contributed by atoms with E-state index >= 15 is 0 Å². The van der Waals surface area contributed by atoms with Gasteiger partial charge in [-0.3, -0.25) is 4.79 Å². The molecule has 3 heterocycles. The van der Waals surface area contributed by atoms with Crippen LogP contribution in [0, 0.1) is 11.8 Å². The average molecular weight is 369 g/mol. The first-order chi connectivity index (χ1) is 11.6. The standard InChI is InChI=1S/C16H23N3O5S/c1-7-11-10(8(2)20)14(21)19(11)12(15(22)23)13(7)25-9-5-17(3)16(24)18(4)6-9/h7-11,20H,5-6H2,1-4H3,(H,22,23)/t7-,8-,10-,11-/m1/s1. The largest absolute Gasteiger partial charge is 0.477 e. The number of carboxylic acid groups (broad SMARTS) is 1. The molecule has 2 saturated heterocycles. The Morgan fingerprint density at radius 3 is 2.28 bits per heavy atom. The van der Waals surface area contributed by atoms with E-state index in [1.165, 1.54) is 16.7 Å². The first-order valence-corrected chi connectivity index (χ1v) is 9.14. The lowest BCUT2D eigenvalue weighted by Crippen LogP contribution is -2.63. The predicted octanol–water partition coefficient (Wildman–Crippen LogP) is 0.239. The molecule has 3 aliphatic rings. The van der Waals surface area contributed by atoms with E-state index in [9.17, 15) is 24.6 Å². The van der Waals surface area contributed by atoms with Crippen molar-refractivity contribution in [2.45, 2.75) is 31.2 Å². The molecule has 3 amide bonds. The molecule has 0 aromatic rings. The van der Waals surface area contributed by atoms with Crippen molar-refractivity contribution in [3.05, 3.63) is 10.6 Å². The van der Waals surface area contributed by atoms with Gasteiger partial charge in [-0.2, -0.15) is 0 Å². The minimum Gasteiger partial charge on any atom is -0.477 e. The second-order valence-electron chi connectivity index (χ2n) is 7.06. The van der Waals surface area contributed by atoms with Gasteiger partial charge in [-0.15, -0.1) is 11.8 Å². The van der Waals surface area contributed by atoms with E-state index in [2.05, 4.69) is 0 Å². The summed E-state index contributed by atoms with van der Waals surface area (Å²) < 4.78 is 0. The molecule has 3 rings (SSSR count). The molecule has 0 radical (unpaired) electrons. The summed E-state index contributed by atoms with van der Waals surface area (Å²) >= 11 is 1.43. The fourth-order valence-corrected chi connectivity index (χ4v) is 5.66. The van der Waals surface area contributed by atoms with Gasteiger partial charge in [-0.1, -0.05) is 6.92 Å². The number of amides is 3. The minimum atomic E-state index is -1.12. The minimum absolute atomic E-state index is 0.0262. The number of thioether (sulfide) groups is 1. The second-order valence-corrected chi connectivity index (χ2v) is 8.40. The van der Waals surface area contributed by atoms with Crippen molar-refractivity contribution in [2.75, 3.05) is 27.2 Å². The van der Waals surface area contributed by atoms with Crippen molar-refractivity contribution in [1.82, 2.24) is 14.7 Å². The van der Waals surface area contributed by atoms with E-state index < -0.39 is 18.0 Å². The van der Waals surface area contributed by atoms with Crippen molar-refractivity contribution in [3.8, 4) is 0 Å². The Kier molecular flexibility index (Phi) is 4.48. The van der Waals surface area contributed by atoms with Gasteiger partial charge in [0, 0.05) is 43.3 Å². The maximum atomic E-state index is 12.3. The molecule has 0 aliphatic carbocycles. The van der Waals surface area contributed by atoms with Gasteiger partial charge >= 0.3 is 12.0 Å². The number of aliphatic hydroxyl groups excluding tert-OH is 1. The maximum absolute atomic E-state index is 12.3. The highest BCUT2D eigenvalue weighted by Gasteiger charge is 2.60. The van der Waals surface area contributed by atoms with Crippen LogP contribution >= 0.6 is 11.8 Å². The molecular weight excluding hydrogens is 346 g/mol. The van der Waals surface area contributed by atoms with Gasteiger partial charge < -0.3 is 24.9 Å². The van der Waals surface area contributed by atoms with Crippen LogP contribution in [0.2, 0.25) is 0 Å². The molecule has 25 heavy (non-hydrogen) atoms. The number of carboxylic acids is 1. The highest BCUT2D eigenvalue weighted by Crippen LogP contribution is 2.51. The average Bonchev–Trinajstić information content (AvgIpc) is 2.74. The highest BCUT2D eigenvalue weighted by molar-refractivity contribution is 8.03. The zero-order chi connectivity index (χ0) is 18.6. The lowest BCUT2D eigenvalue weighted by atomic mass is 9.79. The maximum Gasteiger partial charge on any atom is 0.353 e. The molecule has 0 spiro atoms. The van der Waals surface area contributed by atoms with Crippen LogP contribution in [-0.4, -0.2) is 87.4 Å². The van der Waals surface area contributed by atoms with Crippen LogP contribution in [0.1, 0.15) is 13.8 Å². The molecule has 9 heteroatoms. The Labute approximate surface area is 150 Å². The summed E-state index contributed by atoms with van der Waals surface area (Å²) in [6.45, 7) is 4.51. The van der Waals surface area contributed by atoms with Crippen LogP contribution in [0.5, 0.6) is 0 Å². The van der Waals surface area contributed by atoms with Crippen LogP contribution in [0.25, 0.3) is 0 Å². The molecule has 8 nitrogen and oxygen atoms in total. The van der Waals surface area contributed by atoms with Gasteiger partial charge in [0.15, 0.2) is 0 Å². The quantitative estimate of drug-likeness (QED) is 0.689. The van der Waals surface area contributed by atoms with E-state index in [1.54, 1.807) is 30.8 Å². The fraction of sp³-hybridized carbons (Fsp3) is 0.688. The summed E-state index contributed by atoms with van der Waals surface area (Å²) in [5.74, 6) is -2.15. The summed E-state index contributed by atoms with van der Waals surface area (Å²) in [5.41, 5.74) is 0.0339. The van der Waals surface area contributed by atoms with Crippen molar-refractivity contribution in [3.63, 3.8) is 0 Å². The summed E-state index contributed by atoms with van der Waals surface area (Å²) in [6, 6.07) is -0.362. The van der Waals surface area contributed by atoms with Crippen LogP contribution < -0.4 is 0 Å². The topological polar surface area (TPSA) is 101 Å². The normalized spacial score (nSPS) is 31.4. The molecule has 0 bridgehead atoms. The zero-order valence-corrected chi connectivity index (χ0v) is 15.5. The van der Waals surface area contributed by atoms with E-state index in [4.69, 9.17) is 0 Å². The van der Waals surface area contributed by atoms with E-state index in [1.807, 2.05) is 6.92 Å². The van der Waals surface area contributed by atoms with E-state index in [0.717, 1.165) is 0 Å². The predicted molar refractivity (Wildman–Crippen MR) is 91.7 cm³/mol. The molecule has 3 aliphatic heterocycles. The lowest BCUT2D eigenvalue weighted by Gasteiger charge is -2.46. The first kappa shape index (κ1) is 18.1. The highest BCUT2D eigenvalue weighted by atomic mass is 32.2. The van der Waals surface area contributed by atoms with Crippen molar-refractivity contribution in [1.29, 1.82) is 0 Å². The zero-order valence-electron chi connectivity index (χ0n) is 14.7. The smallest absolute Gasteiger partial charge is 0.353 e. The number of carbonyl (C=O) groups is 3. The molecule has 0 saturated carbocycles. The third-order valence-electron chi connectivity index (χ3n) is 5.21. The number of hydrogen-bond donors (Lipinski definition) is 2. The van der Waals surface area contributed by atoms with E-state index in [0.29, 0.717) is 18.0 Å². The molecule has 2 N–H and O–H groups in total. The number of nitrogens with zero attached hydrogens (tertiary/aromatic N) is 3. The third-order valence-corrected chi connectivity index (χ3v) is 6.66. The number of β-lactam (4-membered cyclic amide) rings is 1. The monoisotopic (exact) mass is 369 g/mol. The van der Waals surface area contributed by atoms with Crippen molar-refractivity contribution in [2.24, 2.45) is 11.8 Å². The van der Waals surface area contributed by atoms with Crippen LogP contribution in [-0.2, 0) is 9.59 Å². The van der Waals surface area contributed by atoms with Gasteiger partial charge in [0.2, 0.25) is 5.91 Å². The van der Waals surface area contributed by atoms with Crippen LogP contribution in [0.4, 0.5) is 4.79 Å². The summed E-state index contributed by atoms with van der Waals surface area (Å²) in [5, 5.41) is 19.5. The Hall–Kier alpha value is -1.74. The molecule has 0 aromatic heterocycles. The third kappa shape index (κ3) is 2.69. The lowest BCUT2D eigenvalue weighted by molar-refractivity contribution is -0.163. The van der Waals surface area contributed by atoms with Gasteiger partial charge in [0.1, 0.15) is 5.70 Å². The van der Waals surface area contributed by atoms with Crippen molar-refractivity contribution >= 4 is 29.7 Å². The summed E-state index contributed by atoms with van der Waals surface area (Å²) in [6.07, 6.45) is -0.805. The van der Waals surface area contributed by atoms with Crippen LogP contribution in [0.15, 0.2) is 10.6 Å². The number of carbonyl (C=O) groups excluding carboxylic acids is 2. The number of rotatable bonds is 4.